The summed E-state index contributed by atoms with van der Waals surface area (Å²) in [5.41, 5.74) is 1.82. The van der Waals surface area contributed by atoms with Crippen molar-refractivity contribution in [3.8, 4) is 23.0 Å². The average Bonchev–Trinajstić information content (AvgIpc) is 2.42. The number of phenolic OH excluding ortho intramolecular Hbond substituents is 3. The highest BCUT2D eigenvalue weighted by molar-refractivity contribution is 5.41. The Kier molecular flexibility index (Phi) is 4.35. The Morgan fingerprint density at radius 2 is 1.45 bits per heavy atom. The van der Waals surface area contributed by atoms with Crippen molar-refractivity contribution in [2.24, 2.45) is 0 Å². The third kappa shape index (κ3) is 3.35. The van der Waals surface area contributed by atoms with Crippen molar-refractivity contribution >= 4 is 0 Å². The minimum Gasteiger partial charge on any atom is -0.508 e. The van der Waals surface area contributed by atoms with Gasteiger partial charge >= 0.3 is 0 Å². The van der Waals surface area contributed by atoms with Gasteiger partial charge in [-0.3, -0.25) is 0 Å². The van der Waals surface area contributed by atoms with Crippen LogP contribution in [0.25, 0.3) is 0 Å². The molecule has 0 atom stereocenters. The van der Waals surface area contributed by atoms with E-state index in [9.17, 15) is 15.3 Å². The van der Waals surface area contributed by atoms with Crippen LogP contribution >= 0.6 is 0 Å². The van der Waals surface area contributed by atoms with Gasteiger partial charge in [-0.05, 0) is 42.5 Å². The number of aromatic hydroxyl groups is 3. The molecule has 0 heterocycles. The summed E-state index contributed by atoms with van der Waals surface area (Å²) in [6.07, 6.45) is 2.32. The number of phenols is 3. The molecule has 0 radical (unpaired) electrons. The summed E-state index contributed by atoms with van der Waals surface area (Å²) in [7, 11) is 1.57. The highest BCUT2D eigenvalue weighted by Gasteiger charge is 2.06. The van der Waals surface area contributed by atoms with E-state index >= 15 is 0 Å². The first-order valence-electron chi connectivity index (χ1n) is 6.47. The lowest BCUT2D eigenvalue weighted by molar-refractivity contribution is 0.402. The summed E-state index contributed by atoms with van der Waals surface area (Å²) in [4.78, 5) is 0. The van der Waals surface area contributed by atoms with Gasteiger partial charge < -0.3 is 20.1 Å². The fourth-order valence-corrected chi connectivity index (χ4v) is 2.17. The molecule has 0 fully saturated rings. The Bertz CT molecular complexity index is 593. The maximum Gasteiger partial charge on any atom is 0.125 e. The molecule has 20 heavy (non-hydrogen) atoms. The summed E-state index contributed by atoms with van der Waals surface area (Å²) in [5, 5.41) is 28.3. The van der Waals surface area contributed by atoms with Crippen LogP contribution in [0.2, 0.25) is 0 Å². The molecule has 4 nitrogen and oxygen atoms in total. The van der Waals surface area contributed by atoms with Crippen LogP contribution in [0.4, 0.5) is 0 Å². The van der Waals surface area contributed by atoms with Crippen molar-refractivity contribution in [3.05, 3.63) is 47.5 Å². The zero-order chi connectivity index (χ0) is 14.5. The van der Waals surface area contributed by atoms with Crippen LogP contribution in [0.3, 0.4) is 0 Å². The lowest BCUT2D eigenvalue weighted by atomic mass is 10.0. The van der Waals surface area contributed by atoms with E-state index in [2.05, 4.69) is 0 Å². The number of rotatable bonds is 5. The van der Waals surface area contributed by atoms with Crippen molar-refractivity contribution in [2.45, 2.75) is 19.3 Å². The minimum absolute atomic E-state index is 0.0615. The third-order valence-electron chi connectivity index (χ3n) is 3.23. The Balaban J connectivity index is 1.99. The molecule has 2 aromatic rings. The van der Waals surface area contributed by atoms with E-state index in [-0.39, 0.29) is 17.2 Å². The summed E-state index contributed by atoms with van der Waals surface area (Å²) >= 11 is 0. The van der Waals surface area contributed by atoms with Crippen molar-refractivity contribution < 1.29 is 20.1 Å². The molecule has 2 rings (SSSR count). The second-order valence-corrected chi connectivity index (χ2v) is 4.66. The lowest BCUT2D eigenvalue weighted by Gasteiger charge is -2.09. The van der Waals surface area contributed by atoms with Crippen LogP contribution in [-0.2, 0) is 12.8 Å². The van der Waals surface area contributed by atoms with Gasteiger partial charge in [0.2, 0.25) is 0 Å². The molecule has 0 aromatic heterocycles. The molecule has 0 saturated carbocycles. The van der Waals surface area contributed by atoms with Crippen LogP contribution in [-0.4, -0.2) is 22.4 Å². The third-order valence-corrected chi connectivity index (χ3v) is 3.23. The molecule has 0 aliphatic rings. The summed E-state index contributed by atoms with van der Waals surface area (Å²) in [5.74, 6) is 1.02. The fraction of sp³-hybridized carbons (Fsp3) is 0.250. The number of ether oxygens (including phenoxy) is 1. The minimum atomic E-state index is 0.0615. The number of hydrogen-bond donors (Lipinski definition) is 3. The fourth-order valence-electron chi connectivity index (χ4n) is 2.17. The molecular formula is C16H18O4. The van der Waals surface area contributed by atoms with Gasteiger partial charge in [-0.1, -0.05) is 12.1 Å². The monoisotopic (exact) mass is 274 g/mol. The summed E-state index contributed by atoms with van der Waals surface area (Å²) in [6, 6.07) is 9.69. The van der Waals surface area contributed by atoms with Crippen molar-refractivity contribution in [1.82, 2.24) is 0 Å². The lowest BCUT2D eigenvalue weighted by Crippen LogP contribution is -1.94. The molecule has 0 saturated heterocycles. The van der Waals surface area contributed by atoms with Gasteiger partial charge in [0.1, 0.15) is 23.0 Å². The number of aryl methyl sites for hydroxylation is 2. The first kappa shape index (κ1) is 14.1. The maximum atomic E-state index is 9.71. The Morgan fingerprint density at radius 1 is 0.850 bits per heavy atom. The van der Waals surface area contributed by atoms with Crippen molar-refractivity contribution in [1.29, 1.82) is 0 Å². The highest BCUT2D eigenvalue weighted by Crippen LogP contribution is 2.27. The highest BCUT2D eigenvalue weighted by atomic mass is 16.5. The molecule has 0 aliphatic carbocycles. The van der Waals surface area contributed by atoms with E-state index in [1.807, 2.05) is 6.07 Å². The van der Waals surface area contributed by atoms with Gasteiger partial charge in [0, 0.05) is 12.1 Å². The van der Waals surface area contributed by atoms with Gasteiger partial charge in [-0.2, -0.15) is 0 Å². The molecule has 106 valence electrons. The van der Waals surface area contributed by atoms with Gasteiger partial charge in [0.15, 0.2) is 0 Å². The zero-order valence-electron chi connectivity index (χ0n) is 11.3. The molecule has 4 heteroatoms. The largest absolute Gasteiger partial charge is 0.508 e. The van der Waals surface area contributed by atoms with Gasteiger partial charge in [-0.15, -0.1) is 0 Å². The first-order valence-corrected chi connectivity index (χ1v) is 6.47. The number of benzene rings is 2. The van der Waals surface area contributed by atoms with E-state index in [0.717, 1.165) is 24.0 Å². The summed E-state index contributed by atoms with van der Waals surface area (Å²) < 4.78 is 5.23. The molecule has 0 bridgehead atoms. The predicted molar refractivity (Wildman–Crippen MR) is 76.5 cm³/mol. The second-order valence-electron chi connectivity index (χ2n) is 4.66. The molecule has 0 unspecified atom stereocenters. The normalized spacial score (nSPS) is 10.4. The topological polar surface area (TPSA) is 69.9 Å². The second kappa shape index (κ2) is 6.19. The van der Waals surface area contributed by atoms with E-state index < -0.39 is 0 Å². The van der Waals surface area contributed by atoms with Gasteiger partial charge in [-0.25, -0.2) is 0 Å². The van der Waals surface area contributed by atoms with Crippen LogP contribution in [0.1, 0.15) is 17.5 Å². The standard InChI is InChI=1S/C16H18O4/c1-20-16-10-14(18)8-6-12(16)4-2-3-11-5-7-13(17)9-15(11)19/h5-10,17-19H,2-4H2,1H3. The van der Waals surface area contributed by atoms with Crippen LogP contribution in [0.15, 0.2) is 36.4 Å². The molecule has 0 aliphatic heterocycles. The van der Waals surface area contributed by atoms with E-state index in [0.29, 0.717) is 12.2 Å². The number of methoxy groups -OCH3 is 1. The number of hydrogen-bond acceptors (Lipinski definition) is 4. The molecule has 0 amide bonds. The van der Waals surface area contributed by atoms with E-state index in [4.69, 9.17) is 4.74 Å². The quantitative estimate of drug-likeness (QED) is 0.784. The van der Waals surface area contributed by atoms with Crippen LogP contribution < -0.4 is 4.74 Å². The smallest absolute Gasteiger partial charge is 0.125 e. The van der Waals surface area contributed by atoms with E-state index in [1.54, 1.807) is 31.4 Å². The maximum absolute atomic E-state index is 9.71. The summed E-state index contributed by atoms with van der Waals surface area (Å²) in [6.45, 7) is 0. The Morgan fingerprint density at radius 3 is 2.10 bits per heavy atom. The SMILES string of the molecule is COc1cc(O)ccc1CCCc1ccc(O)cc1O. The van der Waals surface area contributed by atoms with Crippen LogP contribution in [0, 0.1) is 0 Å². The Labute approximate surface area is 117 Å². The molecule has 2 aromatic carbocycles. The molecule has 0 spiro atoms. The molecule has 3 N–H and O–H groups in total. The average molecular weight is 274 g/mol. The van der Waals surface area contributed by atoms with Crippen molar-refractivity contribution in [3.63, 3.8) is 0 Å². The zero-order valence-corrected chi connectivity index (χ0v) is 11.3. The first-order chi connectivity index (χ1) is 9.60. The van der Waals surface area contributed by atoms with Gasteiger partial charge in [0.25, 0.3) is 0 Å². The predicted octanol–water partition coefficient (Wildman–Crippen LogP) is 2.99. The Hall–Kier alpha value is -2.36. The van der Waals surface area contributed by atoms with Crippen molar-refractivity contribution in [2.75, 3.05) is 7.11 Å². The van der Waals surface area contributed by atoms with E-state index in [1.165, 1.54) is 6.07 Å². The molecular weight excluding hydrogens is 256 g/mol. The van der Waals surface area contributed by atoms with Gasteiger partial charge in [0.05, 0.1) is 7.11 Å². The van der Waals surface area contributed by atoms with Crippen LogP contribution in [0.5, 0.6) is 23.0 Å².